The molecule has 0 spiro atoms. The molecule has 0 bridgehead atoms. The molecular formula is C21H25FN6O2S. The van der Waals surface area contributed by atoms with Crippen LogP contribution in [0.3, 0.4) is 0 Å². The van der Waals surface area contributed by atoms with Crippen LogP contribution in [0.15, 0.2) is 29.8 Å². The number of benzene rings is 1. The summed E-state index contributed by atoms with van der Waals surface area (Å²) in [6.07, 6.45) is 0.739. The van der Waals surface area contributed by atoms with Gasteiger partial charge in [-0.2, -0.15) is 0 Å². The summed E-state index contributed by atoms with van der Waals surface area (Å²) in [5.41, 5.74) is 8.87. The van der Waals surface area contributed by atoms with Crippen LogP contribution in [-0.4, -0.2) is 67.2 Å². The molecule has 2 atom stereocenters. The lowest BCUT2D eigenvalue weighted by Crippen LogP contribution is -2.54. The first-order valence-electron chi connectivity index (χ1n) is 9.92. The lowest BCUT2D eigenvalue weighted by atomic mass is 10.0. The Hall–Kier alpha value is -2.82. The molecule has 1 saturated heterocycles. The molecule has 0 saturated carbocycles. The second-order valence-corrected chi connectivity index (χ2v) is 8.67. The average Bonchev–Trinajstić information content (AvgIpc) is 3.22. The van der Waals surface area contributed by atoms with Crippen LogP contribution in [0, 0.1) is 5.82 Å². The van der Waals surface area contributed by atoms with E-state index >= 15 is 4.39 Å². The minimum atomic E-state index is -0.751. The third-order valence-electron chi connectivity index (χ3n) is 5.60. The van der Waals surface area contributed by atoms with Gasteiger partial charge in [-0.3, -0.25) is 4.79 Å². The molecule has 3 N–H and O–H groups in total. The number of aromatic nitrogens is 2. The first-order chi connectivity index (χ1) is 14.8. The Morgan fingerprint density at radius 1 is 1.29 bits per heavy atom. The molecule has 2 unspecified atom stereocenters. The molecule has 1 aromatic carbocycles. The van der Waals surface area contributed by atoms with E-state index < -0.39 is 11.7 Å². The number of amides is 1. The number of pyridine rings is 1. The fourth-order valence-electron chi connectivity index (χ4n) is 3.89. The Balaban J connectivity index is 1.71. The van der Waals surface area contributed by atoms with Gasteiger partial charge in [0.25, 0.3) is 5.91 Å². The monoisotopic (exact) mass is 444 g/mol. The van der Waals surface area contributed by atoms with Gasteiger partial charge < -0.3 is 25.6 Å². The largest absolute Gasteiger partial charge is 0.380 e. The molecule has 10 heteroatoms. The van der Waals surface area contributed by atoms with Crippen LogP contribution in [0.5, 0.6) is 0 Å². The second-order valence-electron chi connectivity index (χ2n) is 7.79. The van der Waals surface area contributed by atoms with E-state index in [4.69, 9.17) is 10.5 Å². The van der Waals surface area contributed by atoms with Crippen LogP contribution >= 0.6 is 11.3 Å². The van der Waals surface area contributed by atoms with E-state index in [0.717, 1.165) is 22.7 Å². The highest BCUT2D eigenvalue weighted by molar-refractivity contribution is 7.16. The number of thiazole rings is 1. The van der Waals surface area contributed by atoms with Gasteiger partial charge in [0.2, 0.25) is 0 Å². The second kappa shape index (κ2) is 8.74. The smallest absolute Gasteiger partial charge is 0.252 e. The van der Waals surface area contributed by atoms with Crippen molar-refractivity contribution in [1.29, 1.82) is 0 Å². The zero-order valence-corrected chi connectivity index (χ0v) is 18.4. The summed E-state index contributed by atoms with van der Waals surface area (Å²) < 4.78 is 21.6. The Morgan fingerprint density at radius 2 is 2.10 bits per heavy atom. The number of primary amides is 1. The maximum absolute atomic E-state index is 15.0. The maximum atomic E-state index is 15.0. The molecule has 164 valence electrons. The molecule has 1 fully saturated rings. The van der Waals surface area contributed by atoms with Crippen molar-refractivity contribution in [2.45, 2.75) is 18.5 Å². The van der Waals surface area contributed by atoms with Crippen molar-refractivity contribution in [3.8, 4) is 0 Å². The minimum absolute atomic E-state index is 0.00445. The molecule has 3 heterocycles. The van der Waals surface area contributed by atoms with Gasteiger partial charge in [-0.05, 0) is 44.8 Å². The number of hydrogen-bond acceptors (Lipinski definition) is 8. The summed E-state index contributed by atoms with van der Waals surface area (Å²) in [5.74, 6) is -0.971. The zero-order valence-electron chi connectivity index (χ0n) is 17.6. The van der Waals surface area contributed by atoms with Crippen molar-refractivity contribution >= 4 is 44.8 Å². The Bertz CT molecular complexity index is 1100. The highest BCUT2D eigenvalue weighted by atomic mass is 32.1. The van der Waals surface area contributed by atoms with Crippen LogP contribution in [-0.2, 0) is 4.74 Å². The first-order valence-corrected chi connectivity index (χ1v) is 10.8. The summed E-state index contributed by atoms with van der Waals surface area (Å²) in [7, 11) is 5.76. The van der Waals surface area contributed by atoms with E-state index in [1.165, 1.54) is 11.3 Å². The molecule has 31 heavy (non-hydrogen) atoms. The van der Waals surface area contributed by atoms with Crippen molar-refractivity contribution in [3.63, 3.8) is 0 Å². The van der Waals surface area contributed by atoms with Gasteiger partial charge in [0.15, 0.2) is 11.6 Å². The molecule has 0 aliphatic carbocycles. The van der Waals surface area contributed by atoms with Crippen LogP contribution in [0.25, 0.3) is 10.2 Å². The minimum Gasteiger partial charge on any atom is -0.380 e. The summed E-state index contributed by atoms with van der Waals surface area (Å²) in [6.45, 7) is 1.16. The number of halogens is 1. The third kappa shape index (κ3) is 4.32. The normalized spacial score (nSPS) is 19.0. The van der Waals surface area contributed by atoms with Gasteiger partial charge in [-0.25, -0.2) is 14.4 Å². The maximum Gasteiger partial charge on any atom is 0.252 e. The van der Waals surface area contributed by atoms with Crippen LogP contribution in [0.2, 0.25) is 0 Å². The molecule has 4 rings (SSSR count). The number of rotatable bonds is 6. The van der Waals surface area contributed by atoms with E-state index in [-0.39, 0.29) is 29.3 Å². The van der Waals surface area contributed by atoms with Crippen LogP contribution in [0.1, 0.15) is 16.8 Å². The lowest BCUT2D eigenvalue weighted by Gasteiger charge is -2.41. The number of hydrogen-bond donors (Lipinski definition) is 2. The summed E-state index contributed by atoms with van der Waals surface area (Å²) in [6, 6.07) is 6.86. The SMILES string of the molecule is CN(C)C1COCCC1N(C)c1nc(Nc2ccc3ncsc3c2)c(C(N)=O)cc1F. The van der Waals surface area contributed by atoms with E-state index in [2.05, 4.69) is 20.2 Å². The van der Waals surface area contributed by atoms with Crippen molar-refractivity contribution < 1.29 is 13.9 Å². The highest BCUT2D eigenvalue weighted by Crippen LogP contribution is 2.30. The van der Waals surface area contributed by atoms with Crippen molar-refractivity contribution in [1.82, 2.24) is 14.9 Å². The number of nitrogens with zero attached hydrogens (tertiary/aromatic N) is 4. The zero-order chi connectivity index (χ0) is 22.1. The van der Waals surface area contributed by atoms with E-state index in [1.54, 1.807) is 5.51 Å². The lowest BCUT2D eigenvalue weighted by molar-refractivity contribution is 0.0224. The number of carbonyl (C=O) groups is 1. The van der Waals surface area contributed by atoms with Gasteiger partial charge in [-0.1, -0.05) is 0 Å². The fourth-order valence-corrected chi connectivity index (χ4v) is 4.61. The molecule has 1 aliphatic heterocycles. The number of anilines is 3. The topological polar surface area (TPSA) is 96.6 Å². The number of fused-ring (bicyclic) bond motifs is 1. The van der Waals surface area contributed by atoms with Crippen molar-refractivity contribution in [2.24, 2.45) is 5.73 Å². The molecule has 1 amide bonds. The highest BCUT2D eigenvalue weighted by Gasteiger charge is 2.33. The molecule has 2 aromatic heterocycles. The van der Waals surface area contributed by atoms with Gasteiger partial charge in [-0.15, -0.1) is 11.3 Å². The Morgan fingerprint density at radius 3 is 2.84 bits per heavy atom. The van der Waals surface area contributed by atoms with Gasteiger partial charge in [0, 0.05) is 19.3 Å². The predicted octanol–water partition coefficient (Wildman–Crippen LogP) is 2.83. The van der Waals surface area contributed by atoms with Crippen molar-refractivity contribution in [3.05, 3.63) is 41.2 Å². The number of ether oxygens (including phenoxy) is 1. The average molecular weight is 445 g/mol. The van der Waals surface area contributed by atoms with Crippen molar-refractivity contribution in [2.75, 3.05) is 44.6 Å². The molecule has 3 aromatic rings. The molecule has 0 radical (unpaired) electrons. The Kier molecular flexibility index (Phi) is 6.03. The standard InChI is InChI=1S/C21H25FN6O2S/c1-27(2)17-10-30-7-6-16(17)28(3)21-14(22)9-13(19(23)29)20(26-21)25-12-4-5-15-18(8-12)31-11-24-15/h4-5,8-9,11,16-17H,6-7,10H2,1-3H3,(H2,23,29)(H,25,26). The van der Waals surface area contributed by atoms with E-state index in [0.29, 0.717) is 18.9 Å². The van der Waals surface area contributed by atoms with Gasteiger partial charge >= 0.3 is 0 Å². The van der Waals surface area contributed by atoms with Crippen LogP contribution in [0.4, 0.5) is 21.7 Å². The molecule has 1 aliphatic rings. The molecular weight excluding hydrogens is 419 g/mol. The van der Waals surface area contributed by atoms with E-state index in [9.17, 15) is 4.79 Å². The third-order valence-corrected chi connectivity index (χ3v) is 6.39. The first kappa shape index (κ1) is 21.4. The number of carbonyl (C=O) groups excluding carboxylic acids is 1. The summed E-state index contributed by atoms with van der Waals surface area (Å²) in [4.78, 5) is 24.6. The number of likely N-dealkylation sites (N-methyl/N-ethyl adjacent to an activating group) is 2. The predicted molar refractivity (Wildman–Crippen MR) is 121 cm³/mol. The quantitative estimate of drug-likeness (QED) is 0.603. The Labute approximate surface area is 183 Å². The number of nitrogens with two attached hydrogens (primary N) is 1. The molecule has 8 nitrogen and oxygen atoms in total. The fraction of sp³-hybridized carbons (Fsp3) is 0.381. The van der Waals surface area contributed by atoms with Gasteiger partial charge in [0.1, 0.15) is 5.82 Å². The van der Waals surface area contributed by atoms with E-state index in [1.807, 2.05) is 44.2 Å². The summed E-state index contributed by atoms with van der Waals surface area (Å²) in [5, 5.41) is 3.13. The van der Waals surface area contributed by atoms with Crippen LogP contribution < -0.4 is 16.0 Å². The summed E-state index contributed by atoms with van der Waals surface area (Å²) >= 11 is 1.51. The van der Waals surface area contributed by atoms with Gasteiger partial charge in [0.05, 0.1) is 40.0 Å². The number of nitrogens with one attached hydrogen (secondary N) is 1.